The third-order valence-electron chi connectivity index (χ3n) is 3.01. The topological polar surface area (TPSA) is 32.3 Å². The molecule has 0 spiro atoms. The molecule has 3 nitrogen and oxygen atoms in total. The van der Waals surface area contributed by atoms with Crippen LogP contribution in [0, 0.1) is 0 Å². The van der Waals surface area contributed by atoms with Gasteiger partial charge in [0.2, 0.25) is 5.91 Å². The zero-order valence-electron chi connectivity index (χ0n) is 10.5. The van der Waals surface area contributed by atoms with E-state index in [4.69, 9.17) is 0 Å². The SMILES string of the molecule is CN(C(=O)CCNC(C)(C)C)C1CCC1. The van der Waals surface area contributed by atoms with Crippen LogP contribution in [0.3, 0.4) is 0 Å². The second-order valence-electron chi connectivity index (χ2n) is 5.52. The fourth-order valence-corrected chi connectivity index (χ4v) is 1.70. The zero-order chi connectivity index (χ0) is 11.5. The van der Waals surface area contributed by atoms with Crippen LogP contribution < -0.4 is 5.32 Å². The molecule has 1 saturated carbocycles. The number of carbonyl (C=O) groups excluding carboxylic acids is 1. The minimum Gasteiger partial charge on any atom is -0.343 e. The molecule has 0 aliphatic heterocycles. The van der Waals surface area contributed by atoms with Gasteiger partial charge >= 0.3 is 0 Å². The minimum atomic E-state index is 0.106. The lowest BCUT2D eigenvalue weighted by molar-refractivity contribution is -0.133. The number of rotatable bonds is 4. The van der Waals surface area contributed by atoms with Crippen LogP contribution in [-0.2, 0) is 4.79 Å². The molecule has 0 aromatic heterocycles. The van der Waals surface area contributed by atoms with Crippen molar-refractivity contribution in [3.63, 3.8) is 0 Å². The van der Waals surface area contributed by atoms with Crippen molar-refractivity contribution in [2.75, 3.05) is 13.6 Å². The van der Waals surface area contributed by atoms with Crippen LogP contribution in [0.2, 0.25) is 0 Å². The van der Waals surface area contributed by atoms with Gasteiger partial charge in [-0.2, -0.15) is 0 Å². The van der Waals surface area contributed by atoms with Gasteiger partial charge in [0.25, 0.3) is 0 Å². The van der Waals surface area contributed by atoms with Crippen molar-refractivity contribution in [3.05, 3.63) is 0 Å². The molecule has 1 amide bonds. The summed E-state index contributed by atoms with van der Waals surface area (Å²) in [4.78, 5) is 13.7. The lowest BCUT2D eigenvalue weighted by Crippen LogP contribution is -2.43. The van der Waals surface area contributed by atoms with E-state index in [0.29, 0.717) is 12.5 Å². The molecule has 1 rings (SSSR count). The largest absolute Gasteiger partial charge is 0.343 e. The number of nitrogens with zero attached hydrogens (tertiary/aromatic N) is 1. The number of nitrogens with one attached hydrogen (secondary N) is 1. The van der Waals surface area contributed by atoms with Crippen LogP contribution in [0.1, 0.15) is 46.5 Å². The van der Waals surface area contributed by atoms with E-state index >= 15 is 0 Å². The monoisotopic (exact) mass is 212 g/mol. The van der Waals surface area contributed by atoms with Crippen LogP contribution in [-0.4, -0.2) is 36.0 Å². The summed E-state index contributed by atoms with van der Waals surface area (Å²) in [5.74, 6) is 0.274. The summed E-state index contributed by atoms with van der Waals surface area (Å²) in [7, 11) is 1.93. The van der Waals surface area contributed by atoms with Gasteiger partial charge in [0.05, 0.1) is 0 Å². The average molecular weight is 212 g/mol. The molecule has 1 aliphatic carbocycles. The Labute approximate surface area is 93.2 Å². The van der Waals surface area contributed by atoms with E-state index < -0.39 is 0 Å². The van der Waals surface area contributed by atoms with Crippen molar-refractivity contribution in [1.82, 2.24) is 10.2 Å². The van der Waals surface area contributed by atoms with Crippen LogP contribution in [0.15, 0.2) is 0 Å². The van der Waals surface area contributed by atoms with E-state index in [0.717, 1.165) is 6.54 Å². The summed E-state index contributed by atoms with van der Waals surface area (Å²) < 4.78 is 0. The molecule has 0 unspecified atom stereocenters. The molecular weight excluding hydrogens is 188 g/mol. The molecule has 15 heavy (non-hydrogen) atoms. The molecular formula is C12H24N2O. The van der Waals surface area contributed by atoms with E-state index in [1.165, 1.54) is 19.3 Å². The summed E-state index contributed by atoms with van der Waals surface area (Å²) in [5, 5.41) is 3.34. The molecule has 0 atom stereocenters. The van der Waals surface area contributed by atoms with Crippen LogP contribution in [0.4, 0.5) is 0 Å². The Kier molecular flexibility index (Phi) is 4.14. The Bertz CT molecular complexity index is 216. The molecule has 0 aromatic rings. The molecule has 88 valence electrons. The molecule has 0 radical (unpaired) electrons. The molecule has 0 heterocycles. The van der Waals surface area contributed by atoms with Crippen molar-refractivity contribution in [1.29, 1.82) is 0 Å². The first kappa shape index (κ1) is 12.5. The maximum absolute atomic E-state index is 11.7. The fourth-order valence-electron chi connectivity index (χ4n) is 1.70. The van der Waals surface area contributed by atoms with Gasteiger partial charge < -0.3 is 10.2 Å². The fraction of sp³-hybridized carbons (Fsp3) is 0.917. The lowest BCUT2D eigenvalue weighted by Gasteiger charge is -2.35. The molecule has 0 aromatic carbocycles. The molecule has 1 fully saturated rings. The highest BCUT2D eigenvalue weighted by Crippen LogP contribution is 2.23. The van der Waals surface area contributed by atoms with Crippen molar-refractivity contribution in [2.45, 2.75) is 58.0 Å². The molecule has 3 heteroatoms. The van der Waals surface area contributed by atoms with Gasteiger partial charge in [0, 0.05) is 31.6 Å². The van der Waals surface area contributed by atoms with E-state index in [1.807, 2.05) is 11.9 Å². The third-order valence-corrected chi connectivity index (χ3v) is 3.01. The predicted molar refractivity (Wildman–Crippen MR) is 62.8 cm³/mol. The first-order valence-electron chi connectivity index (χ1n) is 5.91. The predicted octanol–water partition coefficient (Wildman–Crippen LogP) is 1.78. The Hall–Kier alpha value is -0.570. The quantitative estimate of drug-likeness (QED) is 0.770. The van der Waals surface area contributed by atoms with Gasteiger partial charge in [-0.25, -0.2) is 0 Å². The summed E-state index contributed by atoms with van der Waals surface area (Å²) in [6.45, 7) is 7.13. The highest BCUT2D eigenvalue weighted by atomic mass is 16.2. The van der Waals surface area contributed by atoms with Crippen molar-refractivity contribution < 1.29 is 4.79 Å². The van der Waals surface area contributed by atoms with Crippen LogP contribution >= 0.6 is 0 Å². The molecule has 0 bridgehead atoms. The van der Waals surface area contributed by atoms with Gasteiger partial charge in [-0.15, -0.1) is 0 Å². The van der Waals surface area contributed by atoms with E-state index in [-0.39, 0.29) is 11.4 Å². The van der Waals surface area contributed by atoms with Gasteiger partial charge in [-0.1, -0.05) is 0 Å². The minimum absolute atomic E-state index is 0.106. The third kappa shape index (κ3) is 4.20. The van der Waals surface area contributed by atoms with Crippen molar-refractivity contribution in [2.24, 2.45) is 0 Å². The Balaban J connectivity index is 2.17. The summed E-state index contributed by atoms with van der Waals surface area (Å²) >= 11 is 0. The summed E-state index contributed by atoms with van der Waals surface area (Å²) in [5.41, 5.74) is 0.106. The maximum Gasteiger partial charge on any atom is 0.223 e. The number of hydrogen-bond acceptors (Lipinski definition) is 2. The summed E-state index contributed by atoms with van der Waals surface area (Å²) in [6.07, 6.45) is 4.27. The lowest BCUT2D eigenvalue weighted by atomic mass is 9.92. The van der Waals surface area contributed by atoms with Crippen molar-refractivity contribution >= 4 is 5.91 Å². The number of hydrogen-bond donors (Lipinski definition) is 1. The van der Waals surface area contributed by atoms with Crippen LogP contribution in [0.25, 0.3) is 0 Å². The van der Waals surface area contributed by atoms with Crippen molar-refractivity contribution in [3.8, 4) is 0 Å². The second kappa shape index (κ2) is 4.97. The van der Waals surface area contributed by atoms with Gasteiger partial charge in [0.15, 0.2) is 0 Å². The van der Waals surface area contributed by atoms with Crippen LogP contribution in [0.5, 0.6) is 0 Å². The standard InChI is InChI=1S/C12H24N2O/c1-12(2,3)13-9-8-11(15)14(4)10-6-5-7-10/h10,13H,5-9H2,1-4H3. The second-order valence-corrected chi connectivity index (χ2v) is 5.52. The first-order chi connectivity index (χ1) is 6.90. The van der Waals surface area contributed by atoms with E-state index in [9.17, 15) is 4.79 Å². The first-order valence-corrected chi connectivity index (χ1v) is 5.91. The summed E-state index contributed by atoms with van der Waals surface area (Å²) in [6, 6.07) is 0.520. The Morgan fingerprint density at radius 3 is 2.40 bits per heavy atom. The van der Waals surface area contributed by atoms with Gasteiger partial charge in [0.1, 0.15) is 0 Å². The maximum atomic E-state index is 11.7. The highest BCUT2D eigenvalue weighted by molar-refractivity contribution is 5.76. The number of carbonyl (C=O) groups is 1. The number of amides is 1. The molecule has 0 saturated heterocycles. The highest BCUT2D eigenvalue weighted by Gasteiger charge is 2.25. The normalized spacial score (nSPS) is 17.3. The molecule has 1 aliphatic rings. The van der Waals surface area contributed by atoms with Gasteiger partial charge in [-0.3, -0.25) is 4.79 Å². The van der Waals surface area contributed by atoms with E-state index in [1.54, 1.807) is 0 Å². The Morgan fingerprint density at radius 2 is 2.00 bits per heavy atom. The zero-order valence-corrected chi connectivity index (χ0v) is 10.5. The smallest absolute Gasteiger partial charge is 0.223 e. The average Bonchev–Trinajstić information content (AvgIpc) is 1.98. The van der Waals surface area contributed by atoms with E-state index in [2.05, 4.69) is 26.1 Å². The van der Waals surface area contributed by atoms with Gasteiger partial charge in [-0.05, 0) is 40.0 Å². The molecule has 1 N–H and O–H groups in total. The Morgan fingerprint density at radius 1 is 1.40 bits per heavy atom.